The summed E-state index contributed by atoms with van der Waals surface area (Å²) in [6, 6.07) is 6.06. The number of anilines is 3. The van der Waals surface area contributed by atoms with Crippen LogP contribution in [0, 0.1) is 5.82 Å². The highest BCUT2D eigenvalue weighted by Gasteiger charge is 2.14. The quantitative estimate of drug-likeness (QED) is 0.869. The Balaban J connectivity index is 1.97. The van der Waals surface area contributed by atoms with Gasteiger partial charge >= 0.3 is 0 Å². The number of halogens is 1. The minimum Gasteiger partial charge on any atom is -0.368 e. The summed E-state index contributed by atoms with van der Waals surface area (Å²) in [5, 5.41) is 3.04. The second kappa shape index (κ2) is 4.84. The molecule has 0 fully saturated rings. The Kier molecular flexibility index (Phi) is 3.03. The van der Waals surface area contributed by atoms with Crippen LogP contribution >= 0.6 is 0 Å². The molecule has 1 aromatic carbocycles. The van der Waals surface area contributed by atoms with E-state index < -0.39 is 5.82 Å². The van der Waals surface area contributed by atoms with Gasteiger partial charge in [0.25, 0.3) is 0 Å². The van der Waals surface area contributed by atoms with E-state index in [1.807, 2.05) is 12.1 Å². The number of nitrogens with two attached hydrogens (primary N) is 1. The Morgan fingerprint density at radius 3 is 2.95 bits per heavy atom. The molecule has 0 radical (unpaired) electrons. The molecule has 5 heteroatoms. The van der Waals surface area contributed by atoms with Gasteiger partial charge in [-0.2, -0.15) is 4.98 Å². The van der Waals surface area contributed by atoms with Gasteiger partial charge in [0, 0.05) is 5.69 Å². The van der Waals surface area contributed by atoms with E-state index in [4.69, 9.17) is 5.73 Å². The van der Waals surface area contributed by atoms with Crippen LogP contribution in [0.5, 0.6) is 0 Å². The fourth-order valence-corrected chi connectivity index (χ4v) is 2.49. The number of aryl methyl sites for hydroxylation is 1. The summed E-state index contributed by atoms with van der Waals surface area (Å²) in [7, 11) is 0. The first-order chi connectivity index (χ1) is 9.24. The lowest BCUT2D eigenvalue weighted by molar-refractivity contribution is 0.619. The van der Waals surface area contributed by atoms with Crippen molar-refractivity contribution in [2.24, 2.45) is 0 Å². The van der Waals surface area contributed by atoms with E-state index in [2.05, 4.69) is 21.4 Å². The zero-order chi connectivity index (χ0) is 13.2. The number of benzene rings is 1. The highest BCUT2D eigenvalue weighted by molar-refractivity contribution is 5.63. The molecule has 0 saturated carbocycles. The lowest BCUT2D eigenvalue weighted by Gasteiger charge is -2.20. The largest absolute Gasteiger partial charge is 0.368 e. The van der Waals surface area contributed by atoms with E-state index in [1.165, 1.54) is 24.0 Å². The van der Waals surface area contributed by atoms with E-state index >= 15 is 0 Å². The first kappa shape index (κ1) is 11.9. The summed E-state index contributed by atoms with van der Waals surface area (Å²) in [5.41, 5.74) is 8.99. The topological polar surface area (TPSA) is 63.8 Å². The predicted molar refractivity (Wildman–Crippen MR) is 72.8 cm³/mol. The zero-order valence-corrected chi connectivity index (χ0v) is 10.5. The van der Waals surface area contributed by atoms with Gasteiger partial charge in [-0.25, -0.2) is 9.37 Å². The smallest absolute Gasteiger partial charge is 0.222 e. The van der Waals surface area contributed by atoms with Crippen LogP contribution in [-0.2, 0) is 12.8 Å². The van der Waals surface area contributed by atoms with Gasteiger partial charge < -0.3 is 11.1 Å². The van der Waals surface area contributed by atoms with Gasteiger partial charge in [0.15, 0.2) is 11.6 Å². The van der Waals surface area contributed by atoms with Crippen LogP contribution in [0.15, 0.2) is 24.4 Å². The number of nitrogens with one attached hydrogen (secondary N) is 1. The van der Waals surface area contributed by atoms with Crippen LogP contribution in [0.4, 0.5) is 21.8 Å². The number of rotatable bonds is 2. The molecule has 1 aromatic heterocycles. The van der Waals surface area contributed by atoms with Crippen molar-refractivity contribution < 1.29 is 4.39 Å². The molecule has 0 amide bonds. The van der Waals surface area contributed by atoms with Crippen molar-refractivity contribution in [3.63, 3.8) is 0 Å². The van der Waals surface area contributed by atoms with Crippen molar-refractivity contribution in [3.8, 4) is 0 Å². The SMILES string of the molecule is Nc1ncc(F)c(Nc2cccc3c2CCCC3)n1. The van der Waals surface area contributed by atoms with E-state index in [-0.39, 0.29) is 11.8 Å². The lowest BCUT2D eigenvalue weighted by Crippen LogP contribution is -2.08. The van der Waals surface area contributed by atoms with Crippen molar-refractivity contribution in [1.29, 1.82) is 0 Å². The molecule has 98 valence electrons. The minimum atomic E-state index is -0.498. The Bertz CT molecular complexity index is 612. The molecule has 0 unspecified atom stereocenters. The average Bonchev–Trinajstić information content (AvgIpc) is 2.43. The fourth-order valence-electron chi connectivity index (χ4n) is 2.49. The summed E-state index contributed by atoms with van der Waals surface area (Å²) in [6.45, 7) is 0. The van der Waals surface area contributed by atoms with Gasteiger partial charge in [0.1, 0.15) is 0 Å². The van der Waals surface area contributed by atoms with Gasteiger partial charge in [-0.3, -0.25) is 0 Å². The van der Waals surface area contributed by atoms with Gasteiger partial charge in [0.05, 0.1) is 6.20 Å². The molecule has 4 nitrogen and oxygen atoms in total. The molecule has 0 saturated heterocycles. The maximum Gasteiger partial charge on any atom is 0.222 e. The maximum atomic E-state index is 13.6. The molecule has 2 aromatic rings. The molecular formula is C14H15FN4. The molecular weight excluding hydrogens is 243 g/mol. The number of aromatic nitrogens is 2. The molecule has 0 spiro atoms. The third-order valence-electron chi connectivity index (χ3n) is 3.41. The summed E-state index contributed by atoms with van der Waals surface area (Å²) in [4.78, 5) is 7.52. The lowest BCUT2D eigenvalue weighted by atomic mass is 9.90. The highest BCUT2D eigenvalue weighted by atomic mass is 19.1. The van der Waals surface area contributed by atoms with Crippen molar-refractivity contribution in [3.05, 3.63) is 41.3 Å². The van der Waals surface area contributed by atoms with Crippen LogP contribution in [0.25, 0.3) is 0 Å². The average molecular weight is 258 g/mol. The van der Waals surface area contributed by atoms with Crippen LogP contribution in [0.3, 0.4) is 0 Å². The standard InChI is InChI=1S/C14H15FN4/c15-11-8-17-14(16)19-13(11)18-12-7-3-5-9-4-1-2-6-10(9)12/h3,5,7-8H,1-2,4,6H2,(H3,16,17,18,19). The monoisotopic (exact) mass is 258 g/mol. The molecule has 0 aliphatic heterocycles. The van der Waals surface area contributed by atoms with Crippen LogP contribution in [-0.4, -0.2) is 9.97 Å². The van der Waals surface area contributed by atoms with Crippen molar-refractivity contribution in [2.45, 2.75) is 25.7 Å². The van der Waals surface area contributed by atoms with Gasteiger partial charge in [0.2, 0.25) is 5.95 Å². The number of hydrogen-bond donors (Lipinski definition) is 2. The summed E-state index contributed by atoms with van der Waals surface area (Å²) in [6.07, 6.45) is 5.56. The van der Waals surface area contributed by atoms with E-state index in [0.29, 0.717) is 0 Å². The summed E-state index contributed by atoms with van der Waals surface area (Å²) in [5.74, 6) is -0.303. The highest BCUT2D eigenvalue weighted by Crippen LogP contribution is 2.30. The molecule has 1 aliphatic rings. The molecule has 0 atom stereocenters. The van der Waals surface area contributed by atoms with E-state index in [1.54, 1.807) is 0 Å². The maximum absolute atomic E-state index is 13.6. The normalized spacial score (nSPS) is 13.9. The second-order valence-corrected chi connectivity index (χ2v) is 4.70. The molecule has 3 rings (SSSR count). The summed E-state index contributed by atoms with van der Waals surface area (Å²) >= 11 is 0. The first-order valence-electron chi connectivity index (χ1n) is 6.40. The van der Waals surface area contributed by atoms with Crippen molar-refractivity contribution in [1.82, 2.24) is 9.97 Å². The third-order valence-corrected chi connectivity index (χ3v) is 3.41. The Labute approximate surface area is 110 Å². The Morgan fingerprint density at radius 1 is 1.21 bits per heavy atom. The number of nitrogens with zero attached hydrogens (tertiary/aromatic N) is 2. The number of hydrogen-bond acceptors (Lipinski definition) is 4. The molecule has 19 heavy (non-hydrogen) atoms. The Morgan fingerprint density at radius 2 is 2.05 bits per heavy atom. The van der Waals surface area contributed by atoms with Gasteiger partial charge in [-0.15, -0.1) is 0 Å². The number of fused-ring (bicyclic) bond motifs is 1. The Hall–Kier alpha value is -2.17. The van der Waals surface area contributed by atoms with Crippen LogP contribution in [0.1, 0.15) is 24.0 Å². The predicted octanol–water partition coefficient (Wildman–Crippen LogP) is 2.82. The van der Waals surface area contributed by atoms with Gasteiger partial charge in [-0.05, 0) is 42.9 Å². The molecule has 3 N–H and O–H groups in total. The molecule has 1 heterocycles. The minimum absolute atomic E-state index is 0.0636. The third kappa shape index (κ3) is 2.36. The molecule has 0 bridgehead atoms. The molecule has 1 aliphatic carbocycles. The zero-order valence-electron chi connectivity index (χ0n) is 10.5. The van der Waals surface area contributed by atoms with Crippen LogP contribution < -0.4 is 11.1 Å². The van der Waals surface area contributed by atoms with Crippen molar-refractivity contribution in [2.75, 3.05) is 11.1 Å². The van der Waals surface area contributed by atoms with E-state index in [9.17, 15) is 4.39 Å². The van der Waals surface area contributed by atoms with Crippen LogP contribution in [0.2, 0.25) is 0 Å². The second-order valence-electron chi connectivity index (χ2n) is 4.70. The number of nitrogen functional groups attached to an aromatic ring is 1. The van der Waals surface area contributed by atoms with E-state index in [0.717, 1.165) is 24.7 Å². The first-order valence-corrected chi connectivity index (χ1v) is 6.40. The fraction of sp³-hybridized carbons (Fsp3) is 0.286. The summed E-state index contributed by atoms with van der Waals surface area (Å²) < 4.78 is 13.6. The van der Waals surface area contributed by atoms with Gasteiger partial charge in [-0.1, -0.05) is 12.1 Å². The van der Waals surface area contributed by atoms with Crippen molar-refractivity contribution >= 4 is 17.5 Å².